The third-order valence-electron chi connectivity index (χ3n) is 4.64. The van der Waals surface area contributed by atoms with Gasteiger partial charge in [-0.1, -0.05) is 12.1 Å². The number of carbonyl (C=O) groups is 1. The van der Waals surface area contributed by atoms with E-state index >= 15 is 0 Å². The van der Waals surface area contributed by atoms with Crippen molar-refractivity contribution in [1.29, 1.82) is 0 Å². The number of carbonyl (C=O) groups excluding carboxylic acids is 1. The summed E-state index contributed by atoms with van der Waals surface area (Å²) < 4.78 is 15.4. The number of nitrogens with two attached hydrogens (primary N) is 1. The van der Waals surface area contributed by atoms with Gasteiger partial charge >= 0.3 is 0 Å². The van der Waals surface area contributed by atoms with E-state index in [0.29, 0.717) is 29.4 Å². The highest BCUT2D eigenvalue weighted by molar-refractivity contribution is 5.95. The molecule has 1 amide bonds. The molecule has 3 N–H and O–H groups in total. The van der Waals surface area contributed by atoms with Crippen LogP contribution in [0.5, 0.6) is 0 Å². The van der Waals surface area contributed by atoms with E-state index < -0.39 is 5.54 Å². The first-order chi connectivity index (χ1) is 11.0. The van der Waals surface area contributed by atoms with Gasteiger partial charge in [-0.2, -0.15) is 5.10 Å². The summed E-state index contributed by atoms with van der Waals surface area (Å²) >= 11 is 0. The molecule has 1 aromatic heterocycles. The molecule has 7 heteroatoms. The molecule has 0 radical (unpaired) electrons. The molecule has 3 rings (SSSR count). The third-order valence-corrected chi connectivity index (χ3v) is 4.64. The van der Waals surface area contributed by atoms with Gasteiger partial charge in [-0.15, -0.1) is 12.4 Å². The van der Waals surface area contributed by atoms with E-state index in [1.807, 2.05) is 6.92 Å². The Hall–Kier alpha value is -1.92. The maximum absolute atomic E-state index is 13.9. The normalized spacial score (nSPS) is 16.2. The molecule has 130 valence electrons. The van der Waals surface area contributed by atoms with Gasteiger partial charge in [-0.05, 0) is 44.7 Å². The molecule has 1 unspecified atom stereocenters. The first-order valence-electron chi connectivity index (χ1n) is 7.78. The van der Waals surface area contributed by atoms with Crippen LogP contribution in [-0.2, 0) is 0 Å². The smallest absolute Gasteiger partial charge is 0.255 e. The van der Waals surface area contributed by atoms with E-state index in [1.165, 1.54) is 16.9 Å². The van der Waals surface area contributed by atoms with Gasteiger partial charge < -0.3 is 11.1 Å². The third kappa shape index (κ3) is 3.30. The van der Waals surface area contributed by atoms with Crippen molar-refractivity contribution in [3.63, 3.8) is 0 Å². The molecule has 0 aliphatic heterocycles. The largest absolute Gasteiger partial charge is 0.345 e. The van der Waals surface area contributed by atoms with Crippen LogP contribution in [0.1, 0.15) is 35.8 Å². The number of hydrogen-bond donors (Lipinski definition) is 2. The summed E-state index contributed by atoms with van der Waals surface area (Å²) in [5, 5.41) is 7.20. The summed E-state index contributed by atoms with van der Waals surface area (Å²) in [7, 11) is 0. The van der Waals surface area contributed by atoms with Gasteiger partial charge in [0.25, 0.3) is 5.91 Å². The lowest BCUT2D eigenvalue weighted by molar-refractivity contribution is 0.0897. The lowest BCUT2D eigenvalue weighted by Gasteiger charge is -2.29. The minimum atomic E-state index is -0.399. The first-order valence-corrected chi connectivity index (χ1v) is 7.78. The zero-order chi connectivity index (χ0) is 16.6. The molecular weight excluding hydrogens is 331 g/mol. The quantitative estimate of drug-likeness (QED) is 0.868. The van der Waals surface area contributed by atoms with E-state index in [0.717, 1.165) is 12.8 Å². The van der Waals surface area contributed by atoms with Crippen molar-refractivity contribution in [3.05, 3.63) is 47.5 Å². The Kier molecular flexibility index (Phi) is 5.30. The maximum atomic E-state index is 13.9. The monoisotopic (exact) mass is 352 g/mol. The number of amides is 1. The number of halogens is 2. The van der Waals surface area contributed by atoms with Gasteiger partial charge in [0.1, 0.15) is 11.5 Å². The molecular formula is C17H22ClFN4O. The first kappa shape index (κ1) is 18.4. The highest BCUT2D eigenvalue weighted by atomic mass is 35.5. The second-order valence-electron chi connectivity index (χ2n) is 6.36. The predicted molar refractivity (Wildman–Crippen MR) is 93.2 cm³/mol. The Labute approximate surface area is 146 Å². The minimum absolute atomic E-state index is 0. The molecule has 1 aliphatic rings. The Morgan fingerprint density at radius 2 is 2.12 bits per heavy atom. The number of rotatable bonds is 5. The average molecular weight is 353 g/mol. The topological polar surface area (TPSA) is 72.9 Å². The van der Waals surface area contributed by atoms with Crippen molar-refractivity contribution in [3.8, 4) is 5.69 Å². The van der Waals surface area contributed by atoms with E-state index in [-0.39, 0.29) is 24.1 Å². The Morgan fingerprint density at radius 3 is 2.71 bits per heavy atom. The minimum Gasteiger partial charge on any atom is -0.345 e. The Balaban J connectivity index is 0.00000208. The number of nitrogens with zero attached hydrogens (tertiary/aromatic N) is 2. The SMILES string of the molecule is Cc1c(C(=O)NC(C)(CN)C2CC2)cnn1-c1ccccc1F.Cl. The van der Waals surface area contributed by atoms with E-state index in [9.17, 15) is 9.18 Å². The molecule has 0 saturated heterocycles. The summed E-state index contributed by atoms with van der Waals surface area (Å²) in [6.07, 6.45) is 3.64. The Morgan fingerprint density at radius 1 is 1.46 bits per heavy atom. The van der Waals surface area contributed by atoms with E-state index in [2.05, 4.69) is 10.4 Å². The summed E-state index contributed by atoms with van der Waals surface area (Å²) in [5.41, 5.74) is 6.81. The molecule has 1 fully saturated rings. The van der Waals surface area contributed by atoms with Crippen LogP contribution in [0, 0.1) is 18.7 Å². The maximum Gasteiger partial charge on any atom is 0.255 e. The van der Waals surface area contributed by atoms with Crippen molar-refractivity contribution in [2.24, 2.45) is 11.7 Å². The van der Waals surface area contributed by atoms with Crippen LogP contribution in [0.3, 0.4) is 0 Å². The fourth-order valence-electron chi connectivity index (χ4n) is 2.87. The van der Waals surface area contributed by atoms with Crippen molar-refractivity contribution >= 4 is 18.3 Å². The fourth-order valence-corrected chi connectivity index (χ4v) is 2.87. The number of hydrogen-bond acceptors (Lipinski definition) is 3. The van der Waals surface area contributed by atoms with Crippen LogP contribution >= 0.6 is 12.4 Å². The van der Waals surface area contributed by atoms with E-state index in [1.54, 1.807) is 25.1 Å². The molecule has 1 aromatic carbocycles. The highest BCUT2D eigenvalue weighted by Gasteiger charge is 2.42. The molecule has 5 nitrogen and oxygen atoms in total. The van der Waals surface area contributed by atoms with Gasteiger partial charge in [-0.3, -0.25) is 4.79 Å². The van der Waals surface area contributed by atoms with Gasteiger partial charge in [0.15, 0.2) is 0 Å². The molecule has 24 heavy (non-hydrogen) atoms. The summed E-state index contributed by atoms with van der Waals surface area (Å²) in [6, 6.07) is 6.35. The highest BCUT2D eigenvalue weighted by Crippen LogP contribution is 2.39. The number of aromatic nitrogens is 2. The molecule has 1 heterocycles. The second kappa shape index (κ2) is 6.91. The second-order valence-corrected chi connectivity index (χ2v) is 6.36. The van der Waals surface area contributed by atoms with Crippen molar-refractivity contribution in [2.45, 2.75) is 32.2 Å². The molecule has 1 aliphatic carbocycles. The van der Waals surface area contributed by atoms with Crippen molar-refractivity contribution < 1.29 is 9.18 Å². The predicted octanol–water partition coefficient (Wildman–Crippen LogP) is 2.60. The van der Waals surface area contributed by atoms with Gasteiger partial charge in [0.05, 0.1) is 23.0 Å². The summed E-state index contributed by atoms with van der Waals surface area (Å²) in [4.78, 5) is 12.6. The zero-order valence-corrected chi connectivity index (χ0v) is 14.6. The van der Waals surface area contributed by atoms with Crippen LogP contribution < -0.4 is 11.1 Å². The lowest BCUT2D eigenvalue weighted by atomic mass is 9.95. The van der Waals surface area contributed by atoms with E-state index in [4.69, 9.17) is 5.73 Å². The molecule has 1 atom stereocenters. The van der Waals surface area contributed by atoms with Crippen LogP contribution in [0.15, 0.2) is 30.5 Å². The molecule has 2 aromatic rings. The molecule has 0 spiro atoms. The van der Waals surface area contributed by atoms with Crippen LogP contribution in [0.4, 0.5) is 4.39 Å². The van der Waals surface area contributed by atoms with Crippen LogP contribution in [0.25, 0.3) is 5.69 Å². The number of para-hydroxylation sites is 1. The van der Waals surface area contributed by atoms with Crippen molar-refractivity contribution in [2.75, 3.05) is 6.54 Å². The zero-order valence-electron chi connectivity index (χ0n) is 13.8. The van der Waals surface area contributed by atoms with Crippen LogP contribution in [-0.4, -0.2) is 27.8 Å². The summed E-state index contributed by atoms with van der Waals surface area (Å²) in [5.74, 6) is -0.168. The van der Waals surface area contributed by atoms with Gasteiger partial charge in [0.2, 0.25) is 0 Å². The van der Waals surface area contributed by atoms with Crippen LogP contribution in [0.2, 0.25) is 0 Å². The standard InChI is InChI=1S/C17H21FN4O.ClH/c1-11-13(16(23)21-17(2,10-19)12-7-8-12)9-20-22(11)15-6-4-3-5-14(15)18;/h3-6,9,12H,7-8,10,19H2,1-2H3,(H,21,23);1H. The number of nitrogens with one attached hydrogen (secondary N) is 1. The van der Waals surface area contributed by atoms with Gasteiger partial charge in [0, 0.05) is 6.54 Å². The molecule has 0 bridgehead atoms. The van der Waals surface area contributed by atoms with Crippen molar-refractivity contribution in [1.82, 2.24) is 15.1 Å². The van der Waals surface area contributed by atoms with Gasteiger partial charge in [-0.25, -0.2) is 9.07 Å². The Bertz CT molecular complexity index is 744. The summed E-state index contributed by atoms with van der Waals surface area (Å²) in [6.45, 7) is 4.12. The lowest BCUT2D eigenvalue weighted by Crippen LogP contribution is -2.53. The fraction of sp³-hybridized carbons (Fsp3) is 0.412. The number of benzene rings is 1. The average Bonchev–Trinajstić information content (AvgIpc) is 3.32. The molecule has 1 saturated carbocycles.